The lowest BCUT2D eigenvalue weighted by Gasteiger charge is -2.08. The Kier molecular flexibility index (Phi) is 5.82. The van der Waals surface area contributed by atoms with Crippen LogP contribution in [0.5, 0.6) is 0 Å². The van der Waals surface area contributed by atoms with E-state index < -0.39 is 10.0 Å². The summed E-state index contributed by atoms with van der Waals surface area (Å²) in [5.41, 5.74) is 0.637. The number of hydrogen-bond acceptors (Lipinski definition) is 6. The van der Waals surface area contributed by atoms with Crippen LogP contribution in [-0.2, 0) is 15.8 Å². The second kappa shape index (κ2) is 8.26. The summed E-state index contributed by atoms with van der Waals surface area (Å²) in [6.45, 7) is 0.607. The summed E-state index contributed by atoms with van der Waals surface area (Å²) >= 11 is 5.87. The molecule has 0 saturated heterocycles. The van der Waals surface area contributed by atoms with Gasteiger partial charge in [-0.05, 0) is 35.9 Å². The van der Waals surface area contributed by atoms with Crippen LogP contribution in [-0.4, -0.2) is 41.5 Å². The van der Waals surface area contributed by atoms with Crippen molar-refractivity contribution in [1.29, 1.82) is 0 Å². The normalized spacial score (nSPS) is 11.4. The molecule has 0 aliphatic carbocycles. The van der Waals surface area contributed by atoms with E-state index in [0.29, 0.717) is 28.8 Å². The van der Waals surface area contributed by atoms with E-state index in [2.05, 4.69) is 25.3 Å². The minimum absolute atomic E-state index is 0.119. The fraction of sp³-hybridized carbons (Fsp3) is 0.188. The number of anilines is 1. The number of benzene rings is 1. The Labute approximate surface area is 156 Å². The summed E-state index contributed by atoms with van der Waals surface area (Å²) in [5.74, 6) is 1.03. The van der Waals surface area contributed by atoms with Crippen LogP contribution in [0.2, 0.25) is 5.02 Å². The Morgan fingerprint density at radius 1 is 1.08 bits per heavy atom. The molecule has 2 heterocycles. The van der Waals surface area contributed by atoms with Crippen LogP contribution in [0, 0.1) is 0 Å². The van der Waals surface area contributed by atoms with Gasteiger partial charge in [0.2, 0.25) is 10.0 Å². The molecule has 10 heteroatoms. The molecule has 0 aliphatic heterocycles. The van der Waals surface area contributed by atoms with Crippen molar-refractivity contribution in [3.8, 4) is 5.82 Å². The highest BCUT2D eigenvalue weighted by Gasteiger charge is 2.11. The van der Waals surface area contributed by atoms with E-state index in [1.807, 2.05) is 0 Å². The maximum Gasteiger partial charge on any atom is 0.215 e. The fourth-order valence-corrected chi connectivity index (χ4v) is 3.59. The summed E-state index contributed by atoms with van der Waals surface area (Å²) in [7, 11) is -3.44. The van der Waals surface area contributed by atoms with Crippen LogP contribution in [0.4, 0.5) is 5.82 Å². The quantitative estimate of drug-likeness (QED) is 0.567. The average molecular weight is 393 g/mol. The molecule has 0 radical (unpaired) electrons. The van der Waals surface area contributed by atoms with Gasteiger partial charge in [0.1, 0.15) is 5.82 Å². The first kappa shape index (κ1) is 18.3. The van der Waals surface area contributed by atoms with Gasteiger partial charge in [-0.3, -0.25) is 0 Å². The molecule has 3 rings (SSSR count). The summed E-state index contributed by atoms with van der Waals surface area (Å²) in [4.78, 5) is 0. The van der Waals surface area contributed by atoms with Crippen LogP contribution >= 0.6 is 11.6 Å². The van der Waals surface area contributed by atoms with Crippen molar-refractivity contribution in [3.05, 3.63) is 65.4 Å². The van der Waals surface area contributed by atoms with Crippen molar-refractivity contribution in [2.24, 2.45) is 0 Å². The van der Waals surface area contributed by atoms with Gasteiger partial charge in [-0.1, -0.05) is 23.7 Å². The average Bonchev–Trinajstić information content (AvgIpc) is 3.13. The Balaban J connectivity index is 1.46. The first-order valence-electron chi connectivity index (χ1n) is 7.81. The molecular formula is C16H17ClN6O2S. The van der Waals surface area contributed by atoms with E-state index in [9.17, 15) is 8.42 Å². The monoisotopic (exact) mass is 392 g/mol. The van der Waals surface area contributed by atoms with Gasteiger partial charge in [-0.2, -0.15) is 5.10 Å². The van der Waals surface area contributed by atoms with Crippen LogP contribution in [0.15, 0.2) is 54.9 Å². The molecule has 0 saturated carbocycles. The van der Waals surface area contributed by atoms with E-state index in [-0.39, 0.29) is 12.3 Å². The molecule has 0 atom stereocenters. The van der Waals surface area contributed by atoms with Crippen LogP contribution in [0.25, 0.3) is 5.82 Å². The molecule has 2 N–H and O–H groups in total. The summed E-state index contributed by atoms with van der Waals surface area (Å²) in [6.07, 6.45) is 3.43. The maximum absolute atomic E-state index is 12.1. The first-order chi connectivity index (χ1) is 12.5. The Morgan fingerprint density at radius 3 is 2.65 bits per heavy atom. The van der Waals surface area contributed by atoms with Crippen molar-refractivity contribution in [3.63, 3.8) is 0 Å². The van der Waals surface area contributed by atoms with Crippen LogP contribution < -0.4 is 10.0 Å². The van der Waals surface area contributed by atoms with Crippen molar-refractivity contribution in [2.75, 3.05) is 18.4 Å². The predicted octanol–water partition coefficient (Wildman–Crippen LogP) is 1.85. The number of hydrogen-bond donors (Lipinski definition) is 2. The fourth-order valence-electron chi connectivity index (χ4n) is 2.24. The Bertz CT molecular complexity index is 945. The van der Waals surface area contributed by atoms with E-state index in [4.69, 9.17) is 11.6 Å². The molecule has 0 amide bonds. The number of aromatic nitrogens is 4. The SMILES string of the molecule is O=S(=O)(Cc1cccc(Cl)c1)NCCNc1ccc(-n2cccn2)nn1. The zero-order valence-electron chi connectivity index (χ0n) is 13.7. The molecule has 3 aromatic rings. The van der Waals surface area contributed by atoms with Gasteiger partial charge in [0.05, 0.1) is 5.75 Å². The Hall–Kier alpha value is -2.49. The van der Waals surface area contributed by atoms with Gasteiger partial charge < -0.3 is 5.32 Å². The minimum atomic E-state index is -3.44. The van der Waals surface area contributed by atoms with Gasteiger partial charge in [-0.15, -0.1) is 10.2 Å². The molecule has 0 unspecified atom stereocenters. The maximum atomic E-state index is 12.1. The molecule has 0 fully saturated rings. The molecular weight excluding hydrogens is 376 g/mol. The highest BCUT2D eigenvalue weighted by Crippen LogP contribution is 2.12. The van der Waals surface area contributed by atoms with Crippen LogP contribution in [0.1, 0.15) is 5.56 Å². The molecule has 136 valence electrons. The summed E-state index contributed by atoms with van der Waals surface area (Å²) in [5, 5.41) is 15.7. The van der Waals surface area contributed by atoms with E-state index in [1.165, 1.54) is 0 Å². The number of nitrogens with zero attached hydrogens (tertiary/aromatic N) is 4. The topological polar surface area (TPSA) is 102 Å². The van der Waals surface area contributed by atoms with Gasteiger partial charge in [0.15, 0.2) is 5.82 Å². The molecule has 1 aromatic carbocycles. The van der Waals surface area contributed by atoms with E-state index >= 15 is 0 Å². The lowest BCUT2D eigenvalue weighted by atomic mass is 10.2. The van der Waals surface area contributed by atoms with E-state index in [0.717, 1.165) is 0 Å². The second-order valence-corrected chi connectivity index (χ2v) is 7.68. The lowest BCUT2D eigenvalue weighted by Crippen LogP contribution is -2.30. The molecule has 8 nitrogen and oxygen atoms in total. The number of sulfonamides is 1. The Morgan fingerprint density at radius 2 is 1.96 bits per heavy atom. The molecule has 0 bridgehead atoms. The molecule has 2 aromatic heterocycles. The number of nitrogens with one attached hydrogen (secondary N) is 2. The highest BCUT2D eigenvalue weighted by molar-refractivity contribution is 7.88. The minimum Gasteiger partial charge on any atom is -0.367 e. The molecule has 26 heavy (non-hydrogen) atoms. The van der Waals surface area contributed by atoms with Gasteiger partial charge in [-0.25, -0.2) is 17.8 Å². The third kappa shape index (κ3) is 5.25. The van der Waals surface area contributed by atoms with Gasteiger partial charge in [0, 0.05) is 30.5 Å². The zero-order valence-corrected chi connectivity index (χ0v) is 15.3. The smallest absolute Gasteiger partial charge is 0.215 e. The second-order valence-electron chi connectivity index (χ2n) is 5.44. The van der Waals surface area contributed by atoms with E-state index in [1.54, 1.807) is 59.5 Å². The van der Waals surface area contributed by atoms with Crippen molar-refractivity contribution >= 4 is 27.4 Å². The zero-order chi connectivity index (χ0) is 18.4. The van der Waals surface area contributed by atoms with Crippen molar-refractivity contribution in [2.45, 2.75) is 5.75 Å². The lowest BCUT2D eigenvalue weighted by molar-refractivity contribution is 0.582. The summed E-state index contributed by atoms with van der Waals surface area (Å²) < 4.78 is 28.3. The van der Waals surface area contributed by atoms with Gasteiger partial charge >= 0.3 is 0 Å². The number of halogens is 1. The van der Waals surface area contributed by atoms with Crippen molar-refractivity contribution in [1.82, 2.24) is 24.7 Å². The molecule has 0 aliphatic rings. The third-order valence-electron chi connectivity index (χ3n) is 3.39. The molecule has 0 spiro atoms. The van der Waals surface area contributed by atoms with Crippen molar-refractivity contribution < 1.29 is 8.42 Å². The number of rotatable bonds is 8. The first-order valence-corrected chi connectivity index (χ1v) is 9.84. The largest absolute Gasteiger partial charge is 0.367 e. The highest BCUT2D eigenvalue weighted by atomic mass is 35.5. The third-order valence-corrected chi connectivity index (χ3v) is 4.98. The predicted molar refractivity (Wildman–Crippen MR) is 99.7 cm³/mol. The van der Waals surface area contributed by atoms with Crippen LogP contribution in [0.3, 0.4) is 0 Å². The standard InChI is InChI=1S/C16H17ClN6O2S/c17-14-4-1-3-13(11-14)12-26(24,25)20-9-8-18-15-5-6-16(22-21-15)23-10-2-7-19-23/h1-7,10-11,20H,8-9,12H2,(H,18,21). The van der Waals surface area contributed by atoms with Gasteiger partial charge in [0.25, 0.3) is 0 Å². The summed E-state index contributed by atoms with van der Waals surface area (Å²) in [6, 6.07) is 12.1.